The summed E-state index contributed by atoms with van der Waals surface area (Å²) in [7, 11) is 0. The minimum atomic E-state index is -4.48. The maximum Gasteiger partial charge on any atom is 0.416 e. The second-order valence-electron chi connectivity index (χ2n) is 9.09. The maximum atomic E-state index is 13.3. The van der Waals surface area contributed by atoms with E-state index in [2.05, 4.69) is 36.1 Å². The second kappa shape index (κ2) is 12.1. The minimum absolute atomic E-state index is 0.00821. The van der Waals surface area contributed by atoms with Gasteiger partial charge in [-0.2, -0.15) is 18.0 Å². The predicted octanol–water partition coefficient (Wildman–Crippen LogP) is 2.78. The molecule has 0 atom stereocenters. The van der Waals surface area contributed by atoms with Crippen LogP contribution in [-0.2, 0) is 23.9 Å². The summed E-state index contributed by atoms with van der Waals surface area (Å²) >= 11 is 0. The molecular formula is C24H30F3N9O. The van der Waals surface area contributed by atoms with Crippen LogP contribution in [0.1, 0.15) is 53.9 Å². The van der Waals surface area contributed by atoms with Crippen molar-refractivity contribution in [2.24, 2.45) is 0 Å². The zero-order valence-corrected chi connectivity index (χ0v) is 20.6. The van der Waals surface area contributed by atoms with Crippen LogP contribution in [0, 0.1) is 6.92 Å². The number of halogens is 3. The SMILES string of the molecule is Cc1nnn(Cc2cc(C(F)(F)F)ccc2C=CC(=O)N2CCC(NCCCCc3c[nH]nn3)CC2)n1. The van der Waals surface area contributed by atoms with Gasteiger partial charge in [0.05, 0.1) is 17.8 Å². The van der Waals surface area contributed by atoms with E-state index in [1.807, 2.05) is 6.20 Å². The Labute approximate surface area is 212 Å². The molecule has 1 fully saturated rings. The lowest BCUT2D eigenvalue weighted by Crippen LogP contribution is -2.44. The molecule has 198 valence electrons. The number of carbonyl (C=O) groups is 1. The number of aromatic amines is 1. The molecule has 1 aromatic carbocycles. The highest BCUT2D eigenvalue weighted by Crippen LogP contribution is 2.31. The number of piperidine rings is 1. The number of alkyl halides is 3. The number of unbranched alkanes of at least 4 members (excludes halogenated alkanes) is 1. The molecule has 1 aliphatic rings. The van der Waals surface area contributed by atoms with E-state index in [9.17, 15) is 18.0 Å². The molecule has 2 aromatic heterocycles. The zero-order valence-electron chi connectivity index (χ0n) is 20.6. The Hall–Kier alpha value is -3.61. The predicted molar refractivity (Wildman–Crippen MR) is 129 cm³/mol. The number of rotatable bonds is 10. The molecule has 2 N–H and O–H groups in total. The van der Waals surface area contributed by atoms with Crippen molar-refractivity contribution in [2.45, 2.75) is 57.8 Å². The first-order valence-electron chi connectivity index (χ1n) is 12.3. The topological polar surface area (TPSA) is 118 Å². The van der Waals surface area contributed by atoms with Crippen LogP contribution in [-0.4, -0.2) is 72.1 Å². The Kier molecular flexibility index (Phi) is 8.64. The molecule has 37 heavy (non-hydrogen) atoms. The van der Waals surface area contributed by atoms with E-state index in [0.29, 0.717) is 36.1 Å². The fourth-order valence-corrected chi connectivity index (χ4v) is 4.28. The first-order chi connectivity index (χ1) is 17.8. The molecule has 0 saturated carbocycles. The number of H-pyrrole nitrogens is 1. The number of aryl methyl sites for hydroxylation is 2. The molecule has 13 heteroatoms. The fraction of sp³-hybridized carbons (Fsp3) is 0.500. The van der Waals surface area contributed by atoms with E-state index in [4.69, 9.17) is 0 Å². The largest absolute Gasteiger partial charge is 0.416 e. The summed E-state index contributed by atoms with van der Waals surface area (Å²) < 4.78 is 39.8. The van der Waals surface area contributed by atoms with Crippen LogP contribution in [0.25, 0.3) is 6.08 Å². The molecule has 0 bridgehead atoms. The van der Waals surface area contributed by atoms with E-state index in [0.717, 1.165) is 56.5 Å². The summed E-state index contributed by atoms with van der Waals surface area (Å²) in [4.78, 5) is 15.8. The van der Waals surface area contributed by atoms with Gasteiger partial charge in [-0.15, -0.1) is 15.3 Å². The number of hydrogen-bond acceptors (Lipinski definition) is 7. The molecule has 0 aliphatic carbocycles. The van der Waals surface area contributed by atoms with Crippen molar-refractivity contribution in [3.63, 3.8) is 0 Å². The molecule has 3 aromatic rings. The number of amides is 1. The van der Waals surface area contributed by atoms with Crippen LogP contribution in [0.5, 0.6) is 0 Å². The molecular weight excluding hydrogens is 487 g/mol. The van der Waals surface area contributed by atoms with Gasteiger partial charge in [-0.25, -0.2) is 0 Å². The molecule has 0 unspecified atom stereocenters. The smallest absolute Gasteiger partial charge is 0.339 e. The number of benzene rings is 1. The number of likely N-dealkylation sites (tertiary alicyclic amines) is 1. The molecule has 0 radical (unpaired) electrons. The number of nitrogens with zero attached hydrogens (tertiary/aromatic N) is 7. The van der Waals surface area contributed by atoms with Crippen LogP contribution in [0.4, 0.5) is 13.2 Å². The number of hydrogen-bond donors (Lipinski definition) is 2. The number of carbonyl (C=O) groups excluding carboxylic acids is 1. The first kappa shape index (κ1) is 26.5. The third-order valence-corrected chi connectivity index (χ3v) is 6.31. The average Bonchev–Trinajstić information content (AvgIpc) is 3.54. The molecule has 10 nitrogen and oxygen atoms in total. The lowest BCUT2D eigenvalue weighted by Gasteiger charge is -2.32. The van der Waals surface area contributed by atoms with Crippen molar-refractivity contribution < 1.29 is 18.0 Å². The van der Waals surface area contributed by atoms with Crippen LogP contribution in [0.15, 0.2) is 30.5 Å². The van der Waals surface area contributed by atoms with Crippen molar-refractivity contribution in [3.8, 4) is 0 Å². The molecule has 0 spiro atoms. The second-order valence-corrected chi connectivity index (χ2v) is 9.09. The highest BCUT2D eigenvalue weighted by atomic mass is 19.4. The summed E-state index contributed by atoms with van der Waals surface area (Å²) in [6, 6.07) is 3.80. The summed E-state index contributed by atoms with van der Waals surface area (Å²) in [5.74, 6) is 0.260. The molecule has 1 saturated heterocycles. The van der Waals surface area contributed by atoms with E-state index in [-0.39, 0.29) is 12.5 Å². The molecule has 1 aliphatic heterocycles. The maximum absolute atomic E-state index is 13.3. The quantitative estimate of drug-likeness (QED) is 0.314. The molecule has 3 heterocycles. The van der Waals surface area contributed by atoms with Crippen LogP contribution < -0.4 is 5.32 Å². The van der Waals surface area contributed by atoms with Gasteiger partial charge < -0.3 is 10.2 Å². The first-order valence-corrected chi connectivity index (χ1v) is 12.3. The Morgan fingerprint density at radius 3 is 2.70 bits per heavy atom. The highest BCUT2D eigenvalue weighted by Gasteiger charge is 2.31. The Morgan fingerprint density at radius 1 is 1.22 bits per heavy atom. The van der Waals surface area contributed by atoms with E-state index in [1.165, 1.54) is 16.9 Å². The van der Waals surface area contributed by atoms with Gasteiger partial charge in [0.1, 0.15) is 0 Å². The summed E-state index contributed by atoms with van der Waals surface area (Å²) in [6.45, 7) is 3.82. The Balaban J connectivity index is 1.28. The van der Waals surface area contributed by atoms with Gasteiger partial charge in [0.25, 0.3) is 0 Å². The van der Waals surface area contributed by atoms with Gasteiger partial charge in [0.15, 0.2) is 5.82 Å². The molecule has 4 rings (SSSR count). The van der Waals surface area contributed by atoms with E-state index >= 15 is 0 Å². The van der Waals surface area contributed by atoms with Gasteiger partial charge in [-0.1, -0.05) is 11.3 Å². The van der Waals surface area contributed by atoms with E-state index < -0.39 is 11.7 Å². The summed E-state index contributed by atoms with van der Waals surface area (Å²) in [5.41, 5.74) is 1.05. The minimum Gasteiger partial charge on any atom is -0.339 e. The lowest BCUT2D eigenvalue weighted by molar-refractivity contribution is -0.137. The van der Waals surface area contributed by atoms with Crippen LogP contribution >= 0.6 is 0 Å². The lowest BCUT2D eigenvalue weighted by atomic mass is 10.0. The fourth-order valence-electron chi connectivity index (χ4n) is 4.28. The van der Waals surface area contributed by atoms with Gasteiger partial charge in [-0.05, 0) is 80.1 Å². The van der Waals surface area contributed by atoms with Gasteiger partial charge in [0, 0.05) is 31.4 Å². The monoisotopic (exact) mass is 517 g/mol. The number of nitrogens with one attached hydrogen (secondary N) is 2. The van der Waals surface area contributed by atoms with E-state index in [1.54, 1.807) is 17.9 Å². The molecule has 1 amide bonds. The van der Waals surface area contributed by atoms with Gasteiger partial charge >= 0.3 is 6.18 Å². The summed E-state index contributed by atoms with van der Waals surface area (Å²) in [6.07, 6.45) is 4.97. The van der Waals surface area contributed by atoms with Crippen LogP contribution in [0.3, 0.4) is 0 Å². The average molecular weight is 518 g/mol. The van der Waals surface area contributed by atoms with Gasteiger partial charge in [-0.3, -0.25) is 9.89 Å². The summed E-state index contributed by atoms with van der Waals surface area (Å²) in [5, 5.41) is 25.6. The van der Waals surface area contributed by atoms with Crippen molar-refractivity contribution in [1.29, 1.82) is 0 Å². The van der Waals surface area contributed by atoms with Crippen molar-refractivity contribution >= 4 is 12.0 Å². The highest BCUT2D eigenvalue weighted by molar-refractivity contribution is 5.92. The Morgan fingerprint density at radius 2 is 2.03 bits per heavy atom. The Bertz CT molecular complexity index is 1180. The third-order valence-electron chi connectivity index (χ3n) is 6.31. The zero-order chi connectivity index (χ0) is 26.3. The van der Waals surface area contributed by atoms with Gasteiger partial charge in [0.2, 0.25) is 5.91 Å². The standard InChI is InChI=1S/C24H30F3N9O/c1-17-30-34-36(32-17)16-19-14-20(24(25,26)27)7-5-18(19)6-8-23(37)35-12-9-21(10-13-35)28-11-3-2-4-22-15-29-33-31-22/h5-8,14-15,21,28H,2-4,9-13,16H2,1H3,(H,29,31,33). The third kappa shape index (κ3) is 7.68. The van der Waals surface area contributed by atoms with Crippen molar-refractivity contribution in [1.82, 2.24) is 45.8 Å². The number of tetrazole rings is 1. The van der Waals surface area contributed by atoms with Crippen molar-refractivity contribution in [3.05, 3.63) is 58.7 Å². The number of aromatic nitrogens is 7. The van der Waals surface area contributed by atoms with Crippen molar-refractivity contribution in [2.75, 3.05) is 19.6 Å². The van der Waals surface area contributed by atoms with Crippen LogP contribution in [0.2, 0.25) is 0 Å². The normalized spacial score (nSPS) is 15.1.